The van der Waals surface area contributed by atoms with E-state index in [2.05, 4.69) is 15.0 Å². The van der Waals surface area contributed by atoms with Crippen molar-refractivity contribution in [2.45, 2.75) is 12.8 Å². The number of benzene rings is 2. The summed E-state index contributed by atoms with van der Waals surface area (Å²) >= 11 is 12.0. The highest BCUT2D eigenvalue weighted by molar-refractivity contribution is 6.36. The number of hydrogen-bond acceptors (Lipinski definition) is 5. The van der Waals surface area contributed by atoms with Crippen LogP contribution in [0.5, 0.6) is 0 Å². The fourth-order valence-corrected chi connectivity index (χ4v) is 3.04. The second-order valence-electron chi connectivity index (χ2n) is 5.98. The van der Waals surface area contributed by atoms with Gasteiger partial charge in [0.05, 0.1) is 29.6 Å². The second kappa shape index (κ2) is 9.07. The molecule has 0 aliphatic heterocycles. The number of carbonyl (C=O) groups is 2. The first-order valence-corrected chi connectivity index (χ1v) is 9.21. The molecule has 0 spiro atoms. The van der Waals surface area contributed by atoms with Crippen molar-refractivity contribution < 1.29 is 23.1 Å². The number of aryl methyl sites for hydroxylation is 1. The smallest absolute Gasteiger partial charge is 0.337 e. The highest BCUT2D eigenvalue weighted by Crippen LogP contribution is 2.30. The fraction of sp³-hybridized carbons (Fsp3) is 0.150. The maximum atomic E-state index is 13.9. The van der Waals surface area contributed by atoms with Crippen LogP contribution in [0, 0.1) is 5.82 Å². The first-order valence-electron chi connectivity index (χ1n) is 8.45. The van der Waals surface area contributed by atoms with E-state index in [-0.39, 0.29) is 24.1 Å². The lowest BCUT2D eigenvalue weighted by molar-refractivity contribution is -0.116. The number of hydrogen-bond donors (Lipinski definition) is 1. The molecule has 1 amide bonds. The molecule has 0 aliphatic rings. The predicted molar refractivity (Wildman–Crippen MR) is 107 cm³/mol. The molecule has 0 fully saturated rings. The lowest BCUT2D eigenvalue weighted by Gasteiger charge is -2.07. The zero-order valence-corrected chi connectivity index (χ0v) is 16.7. The average Bonchev–Trinajstić information content (AvgIpc) is 3.16. The number of anilines is 1. The zero-order chi connectivity index (χ0) is 21.0. The van der Waals surface area contributed by atoms with Crippen molar-refractivity contribution in [1.29, 1.82) is 0 Å². The minimum Gasteiger partial charge on any atom is -0.465 e. The van der Waals surface area contributed by atoms with E-state index in [0.717, 1.165) is 6.07 Å². The molecule has 2 aromatic carbocycles. The van der Waals surface area contributed by atoms with Crippen LogP contribution in [0.4, 0.5) is 10.1 Å². The van der Waals surface area contributed by atoms with Crippen LogP contribution >= 0.6 is 23.2 Å². The van der Waals surface area contributed by atoms with E-state index in [1.165, 1.54) is 25.4 Å². The van der Waals surface area contributed by atoms with Gasteiger partial charge in [0.2, 0.25) is 5.91 Å². The summed E-state index contributed by atoms with van der Waals surface area (Å²) in [5.41, 5.74) is 0.640. The average molecular weight is 437 g/mol. The van der Waals surface area contributed by atoms with Gasteiger partial charge in [-0.3, -0.25) is 4.79 Å². The van der Waals surface area contributed by atoms with E-state index >= 15 is 0 Å². The van der Waals surface area contributed by atoms with Crippen LogP contribution in [0.2, 0.25) is 10.0 Å². The summed E-state index contributed by atoms with van der Waals surface area (Å²) in [6.45, 7) is 0. The second-order valence-corrected chi connectivity index (χ2v) is 6.82. The largest absolute Gasteiger partial charge is 0.465 e. The Morgan fingerprint density at radius 2 is 2.00 bits per heavy atom. The minimum atomic E-state index is -0.665. The number of rotatable bonds is 6. The molecule has 0 saturated carbocycles. The molecule has 6 nitrogen and oxygen atoms in total. The van der Waals surface area contributed by atoms with Crippen molar-refractivity contribution in [2.75, 3.05) is 12.4 Å². The summed E-state index contributed by atoms with van der Waals surface area (Å²) in [5.74, 6) is -0.991. The van der Waals surface area contributed by atoms with Crippen molar-refractivity contribution in [3.63, 3.8) is 0 Å². The number of ether oxygens (including phenoxy) is 1. The minimum absolute atomic E-state index is 0.00377. The molecule has 3 rings (SSSR count). The third kappa shape index (κ3) is 5.13. The molecule has 0 atom stereocenters. The maximum Gasteiger partial charge on any atom is 0.337 e. The standard InChI is InChI=1S/C20H15Cl2FN2O4/c1-28-20(27)11-2-5-15(23)16(8-11)25-18(26)6-7-19-24-10-17(29-19)13-4-3-12(21)9-14(13)22/h2-5,8-10H,6-7H2,1H3,(H,25,26). The molecule has 1 heterocycles. The van der Waals surface area contributed by atoms with Gasteiger partial charge in [-0.15, -0.1) is 0 Å². The highest BCUT2D eigenvalue weighted by Gasteiger charge is 2.14. The molecule has 0 radical (unpaired) electrons. The number of nitrogens with zero attached hydrogens (tertiary/aromatic N) is 1. The first kappa shape index (κ1) is 20.8. The topological polar surface area (TPSA) is 81.4 Å². The van der Waals surface area contributed by atoms with Crippen molar-refractivity contribution in [1.82, 2.24) is 4.98 Å². The number of amides is 1. The van der Waals surface area contributed by atoms with E-state index in [4.69, 9.17) is 27.6 Å². The molecule has 29 heavy (non-hydrogen) atoms. The van der Waals surface area contributed by atoms with Crippen LogP contribution in [0.15, 0.2) is 47.0 Å². The van der Waals surface area contributed by atoms with Gasteiger partial charge in [0.15, 0.2) is 11.7 Å². The quantitative estimate of drug-likeness (QED) is 0.540. The van der Waals surface area contributed by atoms with E-state index in [9.17, 15) is 14.0 Å². The van der Waals surface area contributed by atoms with Crippen LogP contribution in [0.25, 0.3) is 11.3 Å². The van der Waals surface area contributed by atoms with E-state index in [1.807, 2.05) is 0 Å². The summed E-state index contributed by atoms with van der Waals surface area (Å²) in [7, 11) is 1.21. The Bertz CT molecular complexity index is 1070. The number of oxazole rings is 1. The molecule has 0 saturated heterocycles. The predicted octanol–water partition coefficient (Wildman–Crippen LogP) is 5.15. The summed E-state index contributed by atoms with van der Waals surface area (Å²) in [6, 6.07) is 8.54. The van der Waals surface area contributed by atoms with Crippen LogP contribution < -0.4 is 5.32 Å². The molecule has 0 unspecified atom stereocenters. The number of nitrogens with one attached hydrogen (secondary N) is 1. The van der Waals surface area contributed by atoms with Crippen molar-refractivity contribution >= 4 is 40.8 Å². The lowest BCUT2D eigenvalue weighted by atomic mass is 10.2. The molecule has 150 valence electrons. The number of methoxy groups -OCH3 is 1. The van der Waals surface area contributed by atoms with Crippen LogP contribution in [0.1, 0.15) is 22.7 Å². The van der Waals surface area contributed by atoms with Gasteiger partial charge < -0.3 is 14.5 Å². The van der Waals surface area contributed by atoms with Gasteiger partial charge in [0.1, 0.15) is 5.82 Å². The lowest BCUT2D eigenvalue weighted by Crippen LogP contribution is -2.14. The highest BCUT2D eigenvalue weighted by atomic mass is 35.5. The Balaban J connectivity index is 1.63. The van der Waals surface area contributed by atoms with Crippen molar-refractivity contribution in [2.24, 2.45) is 0 Å². The summed E-state index contributed by atoms with van der Waals surface area (Å²) < 4.78 is 24.1. The third-order valence-electron chi connectivity index (χ3n) is 3.98. The summed E-state index contributed by atoms with van der Waals surface area (Å²) in [4.78, 5) is 27.8. The molecule has 3 aromatic rings. The van der Waals surface area contributed by atoms with Gasteiger partial charge in [-0.05, 0) is 36.4 Å². The molecular formula is C20H15Cl2FN2O4. The number of esters is 1. The van der Waals surface area contributed by atoms with Gasteiger partial charge >= 0.3 is 5.97 Å². The van der Waals surface area contributed by atoms with Crippen molar-refractivity contribution in [3.8, 4) is 11.3 Å². The van der Waals surface area contributed by atoms with Crippen LogP contribution in [-0.4, -0.2) is 24.0 Å². The van der Waals surface area contributed by atoms with E-state index < -0.39 is 17.7 Å². The molecule has 9 heteroatoms. The molecule has 0 aliphatic carbocycles. The summed E-state index contributed by atoms with van der Waals surface area (Å²) in [5, 5.41) is 3.34. The molecular weight excluding hydrogens is 422 g/mol. The van der Waals surface area contributed by atoms with Gasteiger partial charge in [-0.25, -0.2) is 14.2 Å². The van der Waals surface area contributed by atoms with Crippen LogP contribution in [0.3, 0.4) is 0 Å². The molecule has 0 bridgehead atoms. The monoisotopic (exact) mass is 436 g/mol. The van der Waals surface area contributed by atoms with Gasteiger partial charge in [0.25, 0.3) is 0 Å². The Kier molecular flexibility index (Phi) is 6.51. The normalized spacial score (nSPS) is 10.6. The van der Waals surface area contributed by atoms with E-state index in [1.54, 1.807) is 18.2 Å². The van der Waals surface area contributed by atoms with Crippen LogP contribution in [-0.2, 0) is 16.0 Å². The Morgan fingerprint density at radius 1 is 1.21 bits per heavy atom. The van der Waals surface area contributed by atoms with Gasteiger partial charge in [-0.1, -0.05) is 23.2 Å². The number of aromatic nitrogens is 1. The summed E-state index contributed by atoms with van der Waals surface area (Å²) in [6.07, 6.45) is 1.69. The fourth-order valence-electron chi connectivity index (χ4n) is 2.54. The molecule has 1 N–H and O–H groups in total. The van der Waals surface area contributed by atoms with Gasteiger partial charge in [0, 0.05) is 23.4 Å². The maximum absolute atomic E-state index is 13.9. The SMILES string of the molecule is COC(=O)c1ccc(F)c(NC(=O)CCc2ncc(-c3ccc(Cl)cc3Cl)o2)c1. The van der Waals surface area contributed by atoms with E-state index in [0.29, 0.717) is 27.3 Å². The Morgan fingerprint density at radius 3 is 2.72 bits per heavy atom. The first-order chi connectivity index (χ1) is 13.9. The Labute approximate surface area is 175 Å². The van der Waals surface area contributed by atoms with Gasteiger partial charge in [-0.2, -0.15) is 0 Å². The number of halogens is 3. The van der Waals surface area contributed by atoms with Crippen molar-refractivity contribution in [3.05, 3.63) is 69.9 Å². The number of carbonyl (C=O) groups excluding carboxylic acids is 2. The third-order valence-corrected chi connectivity index (χ3v) is 4.53. The zero-order valence-electron chi connectivity index (χ0n) is 15.2. The molecule has 1 aromatic heterocycles. The Hall–Kier alpha value is -2.90.